The van der Waals surface area contributed by atoms with Crippen molar-refractivity contribution in [1.29, 1.82) is 0 Å². The first-order valence-corrected chi connectivity index (χ1v) is 9.38. The van der Waals surface area contributed by atoms with Crippen molar-refractivity contribution in [1.82, 2.24) is 4.90 Å². The highest BCUT2D eigenvalue weighted by molar-refractivity contribution is 5.89. The topological polar surface area (TPSA) is 69.6 Å². The summed E-state index contributed by atoms with van der Waals surface area (Å²) in [5, 5.41) is 12.2. The van der Waals surface area contributed by atoms with Crippen LogP contribution < -0.4 is 5.32 Å². The minimum atomic E-state index is -0.800. The number of rotatable bonds is 5. The minimum Gasteiger partial charge on any atom is -0.481 e. The van der Waals surface area contributed by atoms with Crippen LogP contribution in [0.4, 0.5) is 10.5 Å². The van der Waals surface area contributed by atoms with Gasteiger partial charge in [-0.2, -0.15) is 0 Å². The molecule has 0 radical (unpaired) electrons. The molecule has 0 aromatic heterocycles. The van der Waals surface area contributed by atoms with Crippen molar-refractivity contribution in [3.05, 3.63) is 65.7 Å². The zero-order valence-electron chi connectivity index (χ0n) is 15.6. The number of benzene rings is 2. The maximum absolute atomic E-state index is 12.8. The quantitative estimate of drug-likeness (QED) is 0.823. The molecular formula is C22H26N2O3. The fourth-order valence-corrected chi connectivity index (χ4v) is 3.87. The number of hydrogen-bond acceptors (Lipinski definition) is 2. The number of carbonyl (C=O) groups excluding carboxylic acids is 1. The van der Waals surface area contributed by atoms with Crippen molar-refractivity contribution >= 4 is 17.7 Å². The molecule has 0 spiro atoms. The van der Waals surface area contributed by atoms with Crippen LogP contribution in [-0.2, 0) is 10.2 Å². The number of nitrogens with one attached hydrogen (secondary N) is 1. The van der Waals surface area contributed by atoms with Crippen LogP contribution in [0.2, 0.25) is 0 Å². The summed E-state index contributed by atoms with van der Waals surface area (Å²) in [5.41, 5.74) is 2.71. The van der Waals surface area contributed by atoms with Gasteiger partial charge < -0.3 is 15.3 Å². The van der Waals surface area contributed by atoms with E-state index in [1.165, 1.54) is 0 Å². The largest absolute Gasteiger partial charge is 0.481 e. The van der Waals surface area contributed by atoms with Crippen LogP contribution in [0, 0.1) is 6.92 Å². The Bertz CT molecular complexity index is 789. The van der Waals surface area contributed by atoms with Crippen LogP contribution in [-0.4, -0.2) is 35.1 Å². The molecule has 27 heavy (non-hydrogen) atoms. The molecule has 0 bridgehead atoms. The van der Waals surface area contributed by atoms with Crippen molar-refractivity contribution in [2.45, 2.75) is 38.0 Å². The number of anilines is 1. The molecule has 1 aliphatic heterocycles. The second kappa shape index (κ2) is 8.25. The van der Waals surface area contributed by atoms with E-state index < -0.39 is 5.97 Å². The van der Waals surface area contributed by atoms with Crippen molar-refractivity contribution in [2.24, 2.45) is 0 Å². The summed E-state index contributed by atoms with van der Waals surface area (Å²) in [6.45, 7) is 3.22. The first-order chi connectivity index (χ1) is 13.0. The van der Waals surface area contributed by atoms with Crippen LogP contribution >= 0.6 is 0 Å². The van der Waals surface area contributed by atoms with Crippen LogP contribution in [0.25, 0.3) is 0 Å². The zero-order valence-corrected chi connectivity index (χ0v) is 15.6. The monoisotopic (exact) mass is 366 g/mol. The highest BCUT2D eigenvalue weighted by Gasteiger charge is 2.38. The van der Waals surface area contributed by atoms with Crippen molar-refractivity contribution in [2.75, 3.05) is 18.4 Å². The Morgan fingerprint density at radius 3 is 2.48 bits per heavy atom. The lowest BCUT2D eigenvalue weighted by Crippen LogP contribution is -2.50. The Morgan fingerprint density at radius 2 is 1.81 bits per heavy atom. The third kappa shape index (κ3) is 4.67. The number of hydrogen-bond donors (Lipinski definition) is 2. The fourth-order valence-electron chi connectivity index (χ4n) is 3.87. The van der Waals surface area contributed by atoms with Gasteiger partial charge in [-0.15, -0.1) is 0 Å². The average Bonchev–Trinajstić information content (AvgIpc) is 2.69. The van der Waals surface area contributed by atoms with Gasteiger partial charge in [-0.25, -0.2) is 4.79 Å². The molecule has 1 fully saturated rings. The van der Waals surface area contributed by atoms with E-state index in [9.17, 15) is 14.7 Å². The van der Waals surface area contributed by atoms with Crippen LogP contribution in [0.1, 0.15) is 36.8 Å². The summed E-state index contributed by atoms with van der Waals surface area (Å²) < 4.78 is 0. The minimum absolute atomic E-state index is 0.0995. The summed E-state index contributed by atoms with van der Waals surface area (Å²) >= 11 is 0. The third-order valence-electron chi connectivity index (χ3n) is 5.37. The van der Waals surface area contributed by atoms with Gasteiger partial charge in [0.1, 0.15) is 0 Å². The molecule has 142 valence electrons. The maximum Gasteiger partial charge on any atom is 0.321 e. The molecule has 5 nitrogen and oxygen atoms in total. The van der Waals surface area contributed by atoms with E-state index in [1.807, 2.05) is 66.4 Å². The summed E-state index contributed by atoms with van der Waals surface area (Å²) in [6.07, 6.45) is 2.37. The Kier molecular flexibility index (Phi) is 5.79. The van der Waals surface area contributed by atoms with E-state index >= 15 is 0 Å². The predicted molar refractivity (Wildman–Crippen MR) is 106 cm³/mol. The number of carboxylic acids is 1. The Morgan fingerprint density at radius 1 is 1.11 bits per heavy atom. The summed E-state index contributed by atoms with van der Waals surface area (Å²) in [6, 6.07) is 17.6. The molecule has 1 atom stereocenters. The lowest BCUT2D eigenvalue weighted by Gasteiger charge is -2.43. The molecule has 3 rings (SSSR count). The number of aliphatic carboxylic acids is 1. The molecule has 2 N–H and O–H groups in total. The maximum atomic E-state index is 12.8. The molecule has 0 aliphatic carbocycles. The van der Waals surface area contributed by atoms with E-state index in [-0.39, 0.29) is 17.9 Å². The van der Waals surface area contributed by atoms with E-state index in [2.05, 4.69) is 5.32 Å². The molecule has 1 saturated heterocycles. The van der Waals surface area contributed by atoms with Gasteiger partial charge in [0.25, 0.3) is 0 Å². The smallest absolute Gasteiger partial charge is 0.321 e. The summed E-state index contributed by atoms with van der Waals surface area (Å²) in [5.74, 6) is -0.800. The number of amides is 2. The number of urea groups is 1. The van der Waals surface area contributed by atoms with Gasteiger partial charge in [-0.3, -0.25) is 4.79 Å². The van der Waals surface area contributed by atoms with Crippen molar-refractivity contribution in [3.63, 3.8) is 0 Å². The SMILES string of the molecule is Cc1ccc(NC(=O)N2CCCC(CCC(=O)O)(c3ccccc3)C2)cc1. The van der Waals surface area contributed by atoms with E-state index in [0.717, 1.165) is 29.7 Å². The first kappa shape index (κ1) is 19.0. The lowest BCUT2D eigenvalue weighted by molar-refractivity contribution is -0.137. The van der Waals surface area contributed by atoms with Gasteiger partial charge in [0.15, 0.2) is 0 Å². The number of likely N-dealkylation sites (tertiary alicyclic amines) is 1. The van der Waals surface area contributed by atoms with Gasteiger partial charge in [0, 0.05) is 30.6 Å². The number of carboxylic acid groups (broad SMARTS) is 1. The Hall–Kier alpha value is -2.82. The third-order valence-corrected chi connectivity index (χ3v) is 5.37. The van der Waals surface area contributed by atoms with E-state index in [1.54, 1.807) is 0 Å². The number of carbonyl (C=O) groups is 2. The predicted octanol–water partition coefficient (Wildman–Crippen LogP) is 4.43. The molecule has 2 aromatic rings. The number of piperidine rings is 1. The van der Waals surface area contributed by atoms with Crippen LogP contribution in [0.5, 0.6) is 0 Å². The highest BCUT2D eigenvalue weighted by atomic mass is 16.4. The highest BCUT2D eigenvalue weighted by Crippen LogP contribution is 2.38. The first-order valence-electron chi connectivity index (χ1n) is 9.38. The zero-order chi connectivity index (χ0) is 19.3. The number of nitrogens with zero attached hydrogens (tertiary/aromatic N) is 1. The van der Waals surface area contributed by atoms with Gasteiger partial charge in [0.05, 0.1) is 0 Å². The van der Waals surface area contributed by atoms with Gasteiger partial charge in [-0.05, 0) is 43.9 Å². The molecular weight excluding hydrogens is 340 g/mol. The second-order valence-corrected chi connectivity index (χ2v) is 7.36. The molecule has 2 amide bonds. The lowest BCUT2D eigenvalue weighted by atomic mass is 9.71. The average molecular weight is 366 g/mol. The molecule has 1 aliphatic rings. The molecule has 2 aromatic carbocycles. The molecule has 5 heteroatoms. The molecule has 1 unspecified atom stereocenters. The van der Waals surface area contributed by atoms with E-state index in [0.29, 0.717) is 19.5 Å². The molecule has 1 heterocycles. The Labute approximate surface area is 160 Å². The van der Waals surface area contributed by atoms with Crippen LogP contribution in [0.3, 0.4) is 0 Å². The van der Waals surface area contributed by atoms with Gasteiger partial charge >= 0.3 is 12.0 Å². The number of aryl methyl sites for hydroxylation is 1. The van der Waals surface area contributed by atoms with Gasteiger partial charge in [0.2, 0.25) is 0 Å². The van der Waals surface area contributed by atoms with Crippen LogP contribution in [0.15, 0.2) is 54.6 Å². The Balaban J connectivity index is 1.78. The van der Waals surface area contributed by atoms with Crippen molar-refractivity contribution < 1.29 is 14.7 Å². The second-order valence-electron chi connectivity index (χ2n) is 7.36. The summed E-state index contributed by atoms with van der Waals surface area (Å²) in [4.78, 5) is 25.8. The van der Waals surface area contributed by atoms with Gasteiger partial charge in [-0.1, -0.05) is 48.0 Å². The normalized spacial score (nSPS) is 19.5. The molecule has 0 saturated carbocycles. The summed E-state index contributed by atoms with van der Waals surface area (Å²) in [7, 11) is 0. The van der Waals surface area contributed by atoms with Crippen molar-refractivity contribution in [3.8, 4) is 0 Å². The standard InChI is InChI=1S/C22H26N2O3/c1-17-8-10-19(11-9-17)23-21(27)24-15-5-13-22(16-24,14-12-20(25)26)18-6-3-2-4-7-18/h2-4,6-11H,5,12-16H2,1H3,(H,23,27)(H,25,26). The fraction of sp³-hybridized carbons (Fsp3) is 0.364. The van der Waals surface area contributed by atoms with E-state index in [4.69, 9.17) is 0 Å².